The van der Waals surface area contributed by atoms with E-state index in [1.54, 1.807) is 0 Å². The summed E-state index contributed by atoms with van der Waals surface area (Å²) >= 11 is 0. The number of hydrogen-bond donors (Lipinski definition) is 1. The standard InChI is InChI=1S/C23H34N2O/c1-6-7-8-13-20-22(19-12-10-9-11-17(19)4)21(23(24)26)18(5)25(20)15-14-16(2)3/h9-12,16H,6-8,13-15H2,1-5H3,(H2,24,26). The van der Waals surface area contributed by atoms with E-state index in [1.807, 2.05) is 19.1 Å². The summed E-state index contributed by atoms with van der Waals surface area (Å²) in [5, 5.41) is 0. The Balaban J connectivity index is 2.66. The zero-order chi connectivity index (χ0) is 19.3. The third-order valence-electron chi connectivity index (χ3n) is 5.24. The van der Waals surface area contributed by atoms with Gasteiger partial charge in [0.05, 0.1) is 5.56 Å². The summed E-state index contributed by atoms with van der Waals surface area (Å²) < 4.78 is 2.36. The molecule has 2 N–H and O–H groups in total. The van der Waals surface area contributed by atoms with E-state index in [9.17, 15) is 4.79 Å². The van der Waals surface area contributed by atoms with Crippen LogP contribution in [0.5, 0.6) is 0 Å². The second-order valence-electron chi connectivity index (χ2n) is 7.75. The zero-order valence-corrected chi connectivity index (χ0v) is 17.1. The first-order valence-corrected chi connectivity index (χ1v) is 9.96. The van der Waals surface area contributed by atoms with Gasteiger partial charge in [0.25, 0.3) is 5.91 Å². The van der Waals surface area contributed by atoms with Gasteiger partial charge in [-0.2, -0.15) is 0 Å². The Morgan fingerprint density at radius 2 is 1.85 bits per heavy atom. The largest absolute Gasteiger partial charge is 0.366 e. The van der Waals surface area contributed by atoms with Crippen LogP contribution in [0.1, 0.15) is 73.8 Å². The highest BCUT2D eigenvalue weighted by molar-refractivity contribution is 6.02. The fourth-order valence-electron chi connectivity index (χ4n) is 3.73. The number of rotatable bonds is 9. The molecule has 0 unspecified atom stereocenters. The van der Waals surface area contributed by atoms with Crippen LogP contribution in [0.3, 0.4) is 0 Å². The number of carbonyl (C=O) groups is 1. The molecule has 0 fully saturated rings. The lowest BCUT2D eigenvalue weighted by Crippen LogP contribution is -2.14. The number of nitrogens with two attached hydrogens (primary N) is 1. The Morgan fingerprint density at radius 3 is 2.42 bits per heavy atom. The van der Waals surface area contributed by atoms with Crippen LogP contribution in [0, 0.1) is 19.8 Å². The lowest BCUT2D eigenvalue weighted by atomic mass is 9.94. The van der Waals surface area contributed by atoms with E-state index in [1.165, 1.54) is 24.1 Å². The summed E-state index contributed by atoms with van der Waals surface area (Å²) in [6.45, 7) is 11.8. The van der Waals surface area contributed by atoms with Crippen molar-refractivity contribution in [2.75, 3.05) is 0 Å². The number of aryl methyl sites for hydroxylation is 1. The first-order chi connectivity index (χ1) is 12.4. The molecule has 0 radical (unpaired) electrons. The molecule has 0 aliphatic heterocycles. The Hall–Kier alpha value is -2.03. The quantitative estimate of drug-likeness (QED) is 0.581. The van der Waals surface area contributed by atoms with Gasteiger partial charge in [-0.3, -0.25) is 4.79 Å². The Kier molecular flexibility index (Phi) is 7.07. The van der Waals surface area contributed by atoms with E-state index in [0.717, 1.165) is 42.6 Å². The lowest BCUT2D eigenvalue weighted by Gasteiger charge is -2.15. The molecule has 1 aromatic carbocycles. The molecule has 1 amide bonds. The van der Waals surface area contributed by atoms with E-state index in [2.05, 4.69) is 44.4 Å². The van der Waals surface area contributed by atoms with Gasteiger partial charge in [-0.1, -0.05) is 57.9 Å². The second-order valence-corrected chi connectivity index (χ2v) is 7.75. The first kappa shape index (κ1) is 20.3. The van der Waals surface area contributed by atoms with Gasteiger partial charge in [-0.25, -0.2) is 0 Å². The molecule has 0 saturated heterocycles. The fourth-order valence-corrected chi connectivity index (χ4v) is 3.73. The molecule has 0 saturated carbocycles. The van der Waals surface area contributed by atoms with Crippen LogP contribution < -0.4 is 5.73 Å². The molecule has 26 heavy (non-hydrogen) atoms. The molecule has 0 spiro atoms. The molecular formula is C23H34N2O. The molecule has 0 bridgehead atoms. The number of carbonyl (C=O) groups excluding carboxylic acids is 1. The van der Waals surface area contributed by atoms with Crippen LogP contribution in [-0.2, 0) is 13.0 Å². The summed E-state index contributed by atoms with van der Waals surface area (Å²) in [6.07, 6.45) is 5.62. The molecule has 3 heteroatoms. The van der Waals surface area contributed by atoms with Gasteiger partial charge in [0, 0.05) is 23.5 Å². The Morgan fingerprint density at radius 1 is 1.15 bits per heavy atom. The number of aromatic nitrogens is 1. The Bertz CT molecular complexity index is 756. The average molecular weight is 355 g/mol. The van der Waals surface area contributed by atoms with E-state index < -0.39 is 0 Å². The topological polar surface area (TPSA) is 48.0 Å². The number of nitrogens with zero attached hydrogens (tertiary/aromatic N) is 1. The van der Waals surface area contributed by atoms with Gasteiger partial charge in [-0.15, -0.1) is 0 Å². The molecular weight excluding hydrogens is 320 g/mol. The van der Waals surface area contributed by atoms with E-state index in [-0.39, 0.29) is 5.91 Å². The van der Waals surface area contributed by atoms with Crippen LogP contribution in [0.2, 0.25) is 0 Å². The fraction of sp³-hybridized carbons (Fsp3) is 0.522. The third-order valence-corrected chi connectivity index (χ3v) is 5.24. The number of amides is 1. The van der Waals surface area contributed by atoms with Crippen molar-refractivity contribution in [1.82, 2.24) is 4.57 Å². The summed E-state index contributed by atoms with van der Waals surface area (Å²) in [7, 11) is 0. The molecule has 0 aliphatic carbocycles. The predicted octanol–water partition coefficient (Wildman–Crippen LogP) is 5.65. The minimum Gasteiger partial charge on any atom is -0.366 e. The van der Waals surface area contributed by atoms with Crippen LogP contribution in [0.25, 0.3) is 11.1 Å². The monoisotopic (exact) mass is 354 g/mol. The maximum Gasteiger partial charge on any atom is 0.251 e. The number of hydrogen-bond acceptors (Lipinski definition) is 1. The number of primary amides is 1. The van der Waals surface area contributed by atoms with Crippen LogP contribution in [-0.4, -0.2) is 10.5 Å². The molecule has 2 rings (SSSR count). The molecule has 0 aliphatic rings. The highest BCUT2D eigenvalue weighted by Gasteiger charge is 2.25. The molecule has 3 nitrogen and oxygen atoms in total. The van der Waals surface area contributed by atoms with E-state index in [0.29, 0.717) is 11.5 Å². The van der Waals surface area contributed by atoms with Crippen molar-refractivity contribution in [3.8, 4) is 11.1 Å². The van der Waals surface area contributed by atoms with Crippen molar-refractivity contribution in [1.29, 1.82) is 0 Å². The first-order valence-electron chi connectivity index (χ1n) is 9.96. The number of benzene rings is 1. The van der Waals surface area contributed by atoms with Crippen molar-refractivity contribution < 1.29 is 4.79 Å². The number of unbranched alkanes of at least 4 members (excludes halogenated alkanes) is 2. The SMILES string of the molecule is CCCCCc1c(-c2ccccc2C)c(C(N)=O)c(C)n1CCC(C)C. The van der Waals surface area contributed by atoms with Gasteiger partial charge >= 0.3 is 0 Å². The summed E-state index contributed by atoms with van der Waals surface area (Å²) in [4.78, 5) is 12.4. The molecule has 2 aromatic rings. The summed E-state index contributed by atoms with van der Waals surface area (Å²) in [5.74, 6) is 0.306. The van der Waals surface area contributed by atoms with E-state index >= 15 is 0 Å². The van der Waals surface area contributed by atoms with Gasteiger partial charge in [0.15, 0.2) is 0 Å². The summed E-state index contributed by atoms with van der Waals surface area (Å²) in [6, 6.07) is 8.31. The maximum atomic E-state index is 12.4. The normalized spacial score (nSPS) is 11.3. The van der Waals surface area contributed by atoms with Crippen molar-refractivity contribution in [3.63, 3.8) is 0 Å². The van der Waals surface area contributed by atoms with Crippen LogP contribution >= 0.6 is 0 Å². The molecule has 142 valence electrons. The van der Waals surface area contributed by atoms with Gasteiger partial charge in [0.2, 0.25) is 0 Å². The van der Waals surface area contributed by atoms with Gasteiger partial charge in [0.1, 0.15) is 0 Å². The highest BCUT2D eigenvalue weighted by Crippen LogP contribution is 2.36. The second kappa shape index (κ2) is 9.07. The third kappa shape index (κ3) is 4.38. The van der Waals surface area contributed by atoms with Gasteiger partial charge in [-0.05, 0) is 50.2 Å². The Labute approximate surface area is 158 Å². The molecule has 0 atom stereocenters. The van der Waals surface area contributed by atoms with Crippen LogP contribution in [0.15, 0.2) is 24.3 Å². The molecule has 1 heterocycles. The minimum absolute atomic E-state index is 0.319. The van der Waals surface area contributed by atoms with Crippen molar-refractivity contribution >= 4 is 5.91 Å². The summed E-state index contributed by atoms with van der Waals surface area (Å²) in [5.41, 5.74) is 12.2. The van der Waals surface area contributed by atoms with Gasteiger partial charge < -0.3 is 10.3 Å². The average Bonchev–Trinajstić information content (AvgIpc) is 2.85. The highest BCUT2D eigenvalue weighted by atomic mass is 16.1. The van der Waals surface area contributed by atoms with E-state index in [4.69, 9.17) is 5.73 Å². The molecule has 1 aromatic heterocycles. The van der Waals surface area contributed by atoms with Crippen molar-refractivity contribution in [2.24, 2.45) is 11.7 Å². The van der Waals surface area contributed by atoms with Crippen LogP contribution in [0.4, 0.5) is 0 Å². The predicted molar refractivity (Wildman–Crippen MR) is 111 cm³/mol. The lowest BCUT2D eigenvalue weighted by molar-refractivity contribution is 0.1000. The van der Waals surface area contributed by atoms with Crippen molar-refractivity contribution in [2.45, 2.75) is 73.3 Å². The smallest absolute Gasteiger partial charge is 0.251 e. The maximum absolute atomic E-state index is 12.4. The zero-order valence-electron chi connectivity index (χ0n) is 17.1. The van der Waals surface area contributed by atoms with Crippen molar-refractivity contribution in [3.05, 3.63) is 46.8 Å². The minimum atomic E-state index is -0.319.